The normalized spacial score (nSPS) is 20.2. The molecule has 1 atom stereocenters. The summed E-state index contributed by atoms with van der Waals surface area (Å²) in [5, 5.41) is 9.17. The van der Waals surface area contributed by atoms with Crippen molar-refractivity contribution >= 4 is 11.9 Å². The molecule has 4 nitrogen and oxygen atoms in total. The molecule has 1 aliphatic rings. The molecule has 0 aromatic heterocycles. The highest BCUT2D eigenvalue weighted by molar-refractivity contribution is 5.74. The minimum Gasteiger partial charge on any atom is -0.481 e. The smallest absolute Gasteiger partial charge is 0.309 e. The van der Waals surface area contributed by atoms with Crippen molar-refractivity contribution in [2.45, 2.75) is 137 Å². The van der Waals surface area contributed by atoms with E-state index >= 15 is 0 Å². The van der Waals surface area contributed by atoms with Gasteiger partial charge in [-0.3, -0.25) is 9.59 Å². The third kappa shape index (κ3) is 13.9. The summed E-state index contributed by atoms with van der Waals surface area (Å²) in [5.41, 5.74) is 0. The molecule has 0 heterocycles. The number of carbonyl (C=O) groups is 2. The van der Waals surface area contributed by atoms with E-state index in [2.05, 4.69) is 27.7 Å². The molecule has 0 bridgehead atoms. The van der Waals surface area contributed by atoms with Crippen molar-refractivity contribution in [1.29, 1.82) is 0 Å². The van der Waals surface area contributed by atoms with Gasteiger partial charge in [-0.25, -0.2) is 0 Å². The van der Waals surface area contributed by atoms with Gasteiger partial charge in [0.2, 0.25) is 0 Å². The topological polar surface area (TPSA) is 63.6 Å². The number of hydrogen-bond acceptors (Lipinski definition) is 3. The maximum absolute atomic E-state index is 12.7. The van der Waals surface area contributed by atoms with E-state index in [9.17, 15) is 9.59 Å². The summed E-state index contributed by atoms with van der Waals surface area (Å²) in [7, 11) is 0. The van der Waals surface area contributed by atoms with Crippen LogP contribution in [0.5, 0.6) is 0 Å². The second-order valence-corrected chi connectivity index (χ2v) is 10.7. The zero-order valence-corrected chi connectivity index (χ0v) is 20.9. The molecular weight excluding hydrogens is 388 g/mol. The second kappa shape index (κ2) is 16.6. The number of rotatable bonds is 17. The molecule has 1 rings (SSSR count). The van der Waals surface area contributed by atoms with Crippen LogP contribution in [0.4, 0.5) is 0 Å². The van der Waals surface area contributed by atoms with Crippen molar-refractivity contribution in [3.05, 3.63) is 0 Å². The fourth-order valence-corrected chi connectivity index (χ4v) is 4.66. The van der Waals surface area contributed by atoms with Crippen molar-refractivity contribution < 1.29 is 19.4 Å². The minimum atomic E-state index is -0.723. The van der Waals surface area contributed by atoms with Crippen molar-refractivity contribution in [3.63, 3.8) is 0 Å². The van der Waals surface area contributed by atoms with E-state index in [1.54, 1.807) is 0 Å². The first kappa shape index (κ1) is 28.0. The Balaban J connectivity index is 2.36. The van der Waals surface area contributed by atoms with Crippen LogP contribution >= 0.6 is 0 Å². The highest BCUT2D eigenvalue weighted by Crippen LogP contribution is 2.30. The molecule has 0 saturated heterocycles. The molecule has 1 saturated carbocycles. The Labute approximate surface area is 191 Å². The van der Waals surface area contributed by atoms with Gasteiger partial charge in [-0.1, -0.05) is 79.1 Å². The van der Waals surface area contributed by atoms with Crippen LogP contribution in [0.2, 0.25) is 0 Å². The highest BCUT2D eigenvalue weighted by Gasteiger charge is 2.31. The predicted octanol–water partition coefficient (Wildman–Crippen LogP) is 7.78. The minimum absolute atomic E-state index is 0.0411. The average Bonchev–Trinajstić information content (AvgIpc) is 2.72. The standard InChI is InChI=1S/C27H50O4/c1-21(2)13-9-6-5-7-11-15-25(16-12-8-10-14-22(3)4)31-27(30)24-19-17-23(18-20-24)26(28)29/h21-25H,5-20H2,1-4H3,(H,28,29). The van der Waals surface area contributed by atoms with E-state index < -0.39 is 5.97 Å². The predicted molar refractivity (Wildman–Crippen MR) is 128 cm³/mol. The Kier molecular flexibility index (Phi) is 14.9. The largest absolute Gasteiger partial charge is 0.481 e. The molecule has 4 heteroatoms. The second-order valence-electron chi connectivity index (χ2n) is 10.7. The van der Waals surface area contributed by atoms with E-state index in [1.807, 2.05) is 0 Å². The zero-order valence-electron chi connectivity index (χ0n) is 20.9. The first-order chi connectivity index (χ1) is 14.8. The molecule has 1 N–H and O–H groups in total. The summed E-state index contributed by atoms with van der Waals surface area (Å²) in [4.78, 5) is 23.9. The summed E-state index contributed by atoms with van der Waals surface area (Å²) in [6, 6.07) is 0. The molecule has 182 valence electrons. The summed E-state index contributed by atoms with van der Waals surface area (Å²) >= 11 is 0. The van der Waals surface area contributed by atoms with E-state index in [0.717, 1.165) is 37.5 Å². The van der Waals surface area contributed by atoms with Crippen LogP contribution < -0.4 is 0 Å². The quantitative estimate of drug-likeness (QED) is 0.186. The van der Waals surface area contributed by atoms with E-state index in [0.29, 0.717) is 25.7 Å². The monoisotopic (exact) mass is 438 g/mol. The first-order valence-electron chi connectivity index (χ1n) is 13.2. The van der Waals surface area contributed by atoms with Crippen molar-refractivity contribution in [2.75, 3.05) is 0 Å². The van der Waals surface area contributed by atoms with Crippen LogP contribution in [0.3, 0.4) is 0 Å². The van der Waals surface area contributed by atoms with E-state index in [4.69, 9.17) is 9.84 Å². The van der Waals surface area contributed by atoms with Gasteiger partial charge in [0.05, 0.1) is 11.8 Å². The van der Waals surface area contributed by atoms with Crippen molar-refractivity contribution in [2.24, 2.45) is 23.7 Å². The number of ether oxygens (including phenoxy) is 1. The fourth-order valence-electron chi connectivity index (χ4n) is 4.66. The van der Waals surface area contributed by atoms with Gasteiger partial charge in [-0.2, -0.15) is 0 Å². The van der Waals surface area contributed by atoms with Crippen LogP contribution in [0, 0.1) is 23.7 Å². The van der Waals surface area contributed by atoms with Gasteiger partial charge in [0.25, 0.3) is 0 Å². The lowest BCUT2D eigenvalue weighted by Gasteiger charge is -2.27. The number of carboxylic acids is 1. The lowest BCUT2D eigenvalue weighted by atomic mass is 9.82. The van der Waals surface area contributed by atoms with Gasteiger partial charge in [-0.05, 0) is 63.2 Å². The van der Waals surface area contributed by atoms with Crippen molar-refractivity contribution in [1.82, 2.24) is 0 Å². The number of aliphatic carboxylic acids is 1. The molecule has 31 heavy (non-hydrogen) atoms. The maximum atomic E-state index is 12.7. The van der Waals surface area contributed by atoms with Crippen LogP contribution in [-0.4, -0.2) is 23.1 Å². The molecule has 0 aromatic rings. The van der Waals surface area contributed by atoms with Gasteiger partial charge >= 0.3 is 11.9 Å². The Bertz CT molecular complexity index is 478. The lowest BCUT2D eigenvalue weighted by molar-refractivity contribution is -0.158. The number of carboxylic acid groups (broad SMARTS) is 1. The summed E-state index contributed by atoms with van der Waals surface area (Å²) in [6.45, 7) is 9.11. The highest BCUT2D eigenvalue weighted by atomic mass is 16.5. The van der Waals surface area contributed by atoms with E-state index in [-0.39, 0.29) is 23.9 Å². The summed E-state index contributed by atoms with van der Waals surface area (Å²) in [5.74, 6) is 0.370. The zero-order chi connectivity index (χ0) is 23.1. The van der Waals surface area contributed by atoms with Crippen molar-refractivity contribution in [3.8, 4) is 0 Å². The third-order valence-electron chi connectivity index (χ3n) is 6.81. The lowest BCUT2D eigenvalue weighted by Crippen LogP contribution is -2.29. The van der Waals surface area contributed by atoms with Crippen LogP contribution in [0.25, 0.3) is 0 Å². The van der Waals surface area contributed by atoms with Crippen LogP contribution in [-0.2, 0) is 14.3 Å². The Morgan fingerprint density at radius 2 is 1.06 bits per heavy atom. The molecule has 1 aliphatic carbocycles. The Morgan fingerprint density at radius 3 is 1.52 bits per heavy atom. The molecule has 1 unspecified atom stereocenters. The molecule has 0 spiro atoms. The van der Waals surface area contributed by atoms with Gasteiger partial charge in [-0.15, -0.1) is 0 Å². The van der Waals surface area contributed by atoms with Crippen LogP contribution in [0.1, 0.15) is 130 Å². The fraction of sp³-hybridized carbons (Fsp3) is 0.926. The van der Waals surface area contributed by atoms with Gasteiger partial charge in [0, 0.05) is 0 Å². The average molecular weight is 439 g/mol. The first-order valence-corrected chi connectivity index (χ1v) is 13.2. The summed E-state index contributed by atoms with van der Waals surface area (Å²) in [6.07, 6.45) is 17.0. The molecule has 0 radical (unpaired) electrons. The van der Waals surface area contributed by atoms with E-state index in [1.165, 1.54) is 51.4 Å². The molecule has 0 aromatic carbocycles. The Hall–Kier alpha value is -1.06. The number of esters is 1. The molecule has 1 fully saturated rings. The Morgan fingerprint density at radius 1 is 0.677 bits per heavy atom. The molecule has 0 aliphatic heterocycles. The summed E-state index contributed by atoms with van der Waals surface area (Å²) < 4.78 is 5.99. The van der Waals surface area contributed by atoms with Crippen LogP contribution in [0.15, 0.2) is 0 Å². The number of unbranched alkanes of at least 4 members (excludes halogenated alkanes) is 6. The van der Waals surface area contributed by atoms with Gasteiger partial charge in [0.1, 0.15) is 6.10 Å². The number of carbonyl (C=O) groups excluding carboxylic acids is 1. The van der Waals surface area contributed by atoms with Gasteiger partial charge in [0.15, 0.2) is 0 Å². The SMILES string of the molecule is CC(C)CCCCCCCC(CCCCCC(C)C)OC(=O)C1CCC(C(=O)O)CC1. The van der Waals surface area contributed by atoms with Gasteiger partial charge < -0.3 is 9.84 Å². The number of hydrogen-bond donors (Lipinski definition) is 1. The maximum Gasteiger partial charge on any atom is 0.309 e. The molecular formula is C27H50O4. The third-order valence-corrected chi connectivity index (χ3v) is 6.81. The molecule has 0 amide bonds.